The topological polar surface area (TPSA) is 85.9 Å². The summed E-state index contributed by atoms with van der Waals surface area (Å²) in [5.74, 6) is 0.519. The van der Waals surface area contributed by atoms with E-state index < -0.39 is 11.8 Å². The molecule has 0 spiro atoms. The van der Waals surface area contributed by atoms with Crippen molar-refractivity contribution < 1.29 is 23.8 Å². The second kappa shape index (κ2) is 8.64. The van der Waals surface area contributed by atoms with Crippen molar-refractivity contribution in [3.05, 3.63) is 52.5 Å². The molecule has 0 atom stereocenters. The fourth-order valence-corrected chi connectivity index (χ4v) is 2.75. The molecule has 142 valence electrons. The minimum Gasteiger partial charge on any atom is -0.494 e. The normalized spacial score (nSPS) is 12.7. The van der Waals surface area contributed by atoms with Gasteiger partial charge in [0.05, 0.1) is 24.8 Å². The van der Waals surface area contributed by atoms with Crippen LogP contribution in [0.2, 0.25) is 5.02 Å². The maximum atomic E-state index is 12.3. The molecule has 0 aliphatic carbocycles. The van der Waals surface area contributed by atoms with Gasteiger partial charge < -0.3 is 14.2 Å². The molecule has 2 aromatic carbocycles. The molecule has 1 heterocycles. The van der Waals surface area contributed by atoms with Gasteiger partial charge in [0.1, 0.15) is 5.75 Å². The first-order valence-electron chi connectivity index (χ1n) is 8.51. The molecule has 8 heteroatoms. The van der Waals surface area contributed by atoms with Gasteiger partial charge in [-0.15, -0.1) is 0 Å². The van der Waals surface area contributed by atoms with Crippen molar-refractivity contribution in [2.24, 2.45) is 0 Å². The van der Waals surface area contributed by atoms with Gasteiger partial charge in [0.25, 0.3) is 11.8 Å². The van der Waals surface area contributed by atoms with Crippen LogP contribution < -0.4 is 25.1 Å². The first kappa shape index (κ1) is 18.8. The number of nitrogens with one attached hydrogen (secondary N) is 2. The van der Waals surface area contributed by atoms with E-state index in [0.717, 1.165) is 6.42 Å². The monoisotopic (exact) mass is 390 g/mol. The Morgan fingerprint density at radius 2 is 1.70 bits per heavy atom. The smallest absolute Gasteiger partial charge is 0.269 e. The molecule has 2 aromatic rings. The van der Waals surface area contributed by atoms with E-state index in [4.69, 9.17) is 25.8 Å². The van der Waals surface area contributed by atoms with E-state index in [0.29, 0.717) is 42.6 Å². The van der Waals surface area contributed by atoms with Gasteiger partial charge >= 0.3 is 0 Å². The molecular formula is C19H19ClN2O5. The summed E-state index contributed by atoms with van der Waals surface area (Å²) in [7, 11) is 0. The van der Waals surface area contributed by atoms with Crippen molar-refractivity contribution in [3.63, 3.8) is 0 Å². The number of rotatable bonds is 4. The zero-order valence-electron chi connectivity index (χ0n) is 14.7. The number of hydrogen-bond donors (Lipinski definition) is 2. The Balaban J connectivity index is 1.64. The number of hydrogen-bond acceptors (Lipinski definition) is 5. The highest BCUT2D eigenvalue weighted by Crippen LogP contribution is 2.37. The van der Waals surface area contributed by atoms with Crippen LogP contribution in [0.1, 0.15) is 34.1 Å². The summed E-state index contributed by atoms with van der Waals surface area (Å²) in [6.45, 7) is 3.39. The van der Waals surface area contributed by atoms with E-state index in [-0.39, 0.29) is 10.6 Å². The fourth-order valence-electron chi connectivity index (χ4n) is 2.49. The van der Waals surface area contributed by atoms with Crippen LogP contribution in [0.4, 0.5) is 0 Å². The molecule has 3 rings (SSSR count). The second-order valence-electron chi connectivity index (χ2n) is 5.70. The Kier molecular flexibility index (Phi) is 6.03. The van der Waals surface area contributed by atoms with Gasteiger partial charge in [-0.1, -0.05) is 11.6 Å². The highest BCUT2D eigenvalue weighted by Gasteiger charge is 2.19. The van der Waals surface area contributed by atoms with Gasteiger partial charge in [-0.2, -0.15) is 0 Å². The van der Waals surface area contributed by atoms with E-state index in [1.54, 1.807) is 24.3 Å². The predicted molar refractivity (Wildman–Crippen MR) is 99.6 cm³/mol. The van der Waals surface area contributed by atoms with E-state index in [1.807, 2.05) is 6.92 Å². The SMILES string of the molecule is CCOc1ccc(C(=O)NNC(=O)c2cc(Cl)c3c(c2)OCCCO3)cc1. The highest BCUT2D eigenvalue weighted by molar-refractivity contribution is 6.32. The third-order valence-corrected chi connectivity index (χ3v) is 4.06. The molecule has 0 unspecified atom stereocenters. The lowest BCUT2D eigenvalue weighted by atomic mass is 10.2. The quantitative estimate of drug-likeness (QED) is 0.784. The Bertz CT molecular complexity index is 839. The van der Waals surface area contributed by atoms with Crippen molar-refractivity contribution in [3.8, 4) is 17.2 Å². The van der Waals surface area contributed by atoms with Crippen molar-refractivity contribution in [2.75, 3.05) is 19.8 Å². The van der Waals surface area contributed by atoms with Crippen LogP contribution in [-0.4, -0.2) is 31.6 Å². The largest absolute Gasteiger partial charge is 0.494 e. The summed E-state index contributed by atoms with van der Waals surface area (Å²) in [6, 6.07) is 9.58. The number of amides is 2. The van der Waals surface area contributed by atoms with Crippen molar-refractivity contribution >= 4 is 23.4 Å². The number of halogens is 1. The average Bonchev–Trinajstić information content (AvgIpc) is 2.92. The summed E-state index contributed by atoms with van der Waals surface area (Å²) in [5, 5.41) is 0.275. The third kappa shape index (κ3) is 4.62. The van der Waals surface area contributed by atoms with Gasteiger partial charge in [0.2, 0.25) is 0 Å². The lowest BCUT2D eigenvalue weighted by Gasteiger charge is -2.12. The summed E-state index contributed by atoms with van der Waals surface area (Å²) >= 11 is 6.18. The lowest BCUT2D eigenvalue weighted by molar-refractivity contribution is 0.0846. The molecule has 2 N–H and O–H groups in total. The molecule has 0 aromatic heterocycles. The maximum Gasteiger partial charge on any atom is 0.269 e. The number of ether oxygens (including phenoxy) is 3. The number of fused-ring (bicyclic) bond motifs is 1. The maximum absolute atomic E-state index is 12.3. The fraction of sp³-hybridized carbons (Fsp3) is 0.263. The Morgan fingerprint density at radius 1 is 1.04 bits per heavy atom. The van der Waals surface area contributed by atoms with Crippen LogP contribution in [0, 0.1) is 0 Å². The van der Waals surface area contributed by atoms with Crippen molar-refractivity contribution in [1.29, 1.82) is 0 Å². The van der Waals surface area contributed by atoms with Gasteiger partial charge in [-0.25, -0.2) is 0 Å². The lowest BCUT2D eigenvalue weighted by Crippen LogP contribution is -2.41. The molecule has 0 saturated heterocycles. The van der Waals surface area contributed by atoms with E-state index in [9.17, 15) is 9.59 Å². The summed E-state index contributed by atoms with van der Waals surface area (Å²) in [6.07, 6.45) is 0.727. The molecule has 2 amide bonds. The van der Waals surface area contributed by atoms with Crippen LogP contribution in [0.5, 0.6) is 17.2 Å². The van der Waals surface area contributed by atoms with Crippen molar-refractivity contribution in [1.82, 2.24) is 10.9 Å². The van der Waals surface area contributed by atoms with Gasteiger partial charge in [0, 0.05) is 17.5 Å². The average molecular weight is 391 g/mol. The standard InChI is InChI=1S/C19H19ClN2O5/c1-2-25-14-6-4-12(5-7-14)18(23)21-22-19(24)13-10-15(20)17-16(11-13)26-8-3-9-27-17/h4-7,10-11H,2-3,8-9H2,1H3,(H,21,23)(H,22,24). The van der Waals surface area contributed by atoms with Crippen LogP contribution in [0.15, 0.2) is 36.4 Å². The number of carbonyl (C=O) groups excluding carboxylic acids is 2. The van der Waals surface area contributed by atoms with Crippen LogP contribution in [-0.2, 0) is 0 Å². The Hall–Kier alpha value is -2.93. The molecule has 0 bridgehead atoms. The zero-order valence-corrected chi connectivity index (χ0v) is 15.5. The van der Waals surface area contributed by atoms with E-state index in [1.165, 1.54) is 12.1 Å². The molecule has 1 aliphatic rings. The van der Waals surface area contributed by atoms with E-state index >= 15 is 0 Å². The molecule has 0 fully saturated rings. The van der Waals surface area contributed by atoms with Gasteiger partial charge in [-0.05, 0) is 43.3 Å². The molecule has 1 aliphatic heterocycles. The number of carbonyl (C=O) groups is 2. The molecular weight excluding hydrogens is 372 g/mol. The van der Waals surface area contributed by atoms with Gasteiger partial charge in [-0.3, -0.25) is 20.4 Å². The Labute approximate surface area is 161 Å². The molecule has 0 saturated carbocycles. The predicted octanol–water partition coefficient (Wildman–Crippen LogP) is 2.97. The minimum atomic E-state index is -0.521. The third-order valence-electron chi connectivity index (χ3n) is 3.78. The van der Waals surface area contributed by atoms with Crippen LogP contribution in [0.3, 0.4) is 0 Å². The zero-order chi connectivity index (χ0) is 19.2. The minimum absolute atomic E-state index is 0.247. The summed E-state index contributed by atoms with van der Waals surface area (Å²) < 4.78 is 16.4. The highest BCUT2D eigenvalue weighted by atomic mass is 35.5. The Morgan fingerprint density at radius 3 is 2.41 bits per heavy atom. The van der Waals surface area contributed by atoms with Crippen LogP contribution >= 0.6 is 11.6 Å². The number of hydrazine groups is 1. The first-order chi connectivity index (χ1) is 13.1. The van der Waals surface area contributed by atoms with Crippen LogP contribution in [0.25, 0.3) is 0 Å². The van der Waals surface area contributed by atoms with Crippen molar-refractivity contribution in [2.45, 2.75) is 13.3 Å². The number of benzene rings is 2. The van der Waals surface area contributed by atoms with Gasteiger partial charge in [0.15, 0.2) is 11.5 Å². The summed E-state index contributed by atoms with van der Waals surface area (Å²) in [4.78, 5) is 24.5. The molecule has 27 heavy (non-hydrogen) atoms. The molecule has 7 nitrogen and oxygen atoms in total. The molecule has 0 radical (unpaired) electrons. The second-order valence-corrected chi connectivity index (χ2v) is 6.11. The summed E-state index contributed by atoms with van der Waals surface area (Å²) in [5.41, 5.74) is 5.36. The van der Waals surface area contributed by atoms with E-state index in [2.05, 4.69) is 10.9 Å². The first-order valence-corrected chi connectivity index (χ1v) is 8.89.